The smallest absolute Gasteiger partial charge is 0.306 e. The first-order chi connectivity index (χ1) is 6.68. The van der Waals surface area contributed by atoms with Crippen LogP contribution >= 0.6 is 0 Å². The van der Waals surface area contributed by atoms with Crippen molar-refractivity contribution >= 4 is 11.8 Å². The molecule has 0 aromatic rings. The van der Waals surface area contributed by atoms with Gasteiger partial charge in [-0.3, -0.25) is 9.59 Å². The van der Waals surface area contributed by atoms with Crippen molar-refractivity contribution in [3.63, 3.8) is 0 Å². The van der Waals surface area contributed by atoms with Gasteiger partial charge >= 0.3 is 5.97 Å². The zero-order valence-electron chi connectivity index (χ0n) is 7.98. The van der Waals surface area contributed by atoms with Gasteiger partial charge in [0.1, 0.15) is 0 Å². The zero-order chi connectivity index (χ0) is 10.1. The average Bonchev–Trinajstić information content (AvgIpc) is 2.18. The topological polar surface area (TPSA) is 54.4 Å². The van der Waals surface area contributed by atoms with Gasteiger partial charge in [0.15, 0.2) is 5.78 Å². The molecular weight excluding hydrogens is 180 g/mol. The van der Waals surface area contributed by atoms with Gasteiger partial charge < -0.3 is 5.11 Å². The summed E-state index contributed by atoms with van der Waals surface area (Å²) < 4.78 is 0. The average molecular weight is 194 g/mol. The van der Waals surface area contributed by atoms with Gasteiger partial charge in [-0.15, -0.1) is 0 Å². The van der Waals surface area contributed by atoms with Gasteiger partial charge in [0.05, 0.1) is 5.92 Å². The Morgan fingerprint density at radius 1 is 1.43 bits per heavy atom. The van der Waals surface area contributed by atoms with Gasteiger partial charge in [-0.25, -0.2) is 0 Å². The Labute approximate surface area is 82.8 Å². The van der Waals surface area contributed by atoms with E-state index in [1.54, 1.807) is 6.08 Å². The third-order valence-electron chi connectivity index (χ3n) is 3.43. The molecule has 2 aliphatic carbocycles. The van der Waals surface area contributed by atoms with E-state index in [2.05, 4.69) is 0 Å². The van der Waals surface area contributed by atoms with Crippen molar-refractivity contribution in [3.8, 4) is 0 Å². The maximum Gasteiger partial charge on any atom is 0.306 e. The van der Waals surface area contributed by atoms with E-state index >= 15 is 0 Å². The van der Waals surface area contributed by atoms with Crippen LogP contribution in [-0.2, 0) is 9.59 Å². The minimum atomic E-state index is -0.745. The van der Waals surface area contributed by atoms with E-state index < -0.39 is 5.97 Å². The zero-order valence-corrected chi connectivity index (χ0v) is 7.98. The van der Waals surface area contributed by atoms with E-state index in [0.29, 0.717) is 12.3 Å². The highest BCUT2D eigenvalue weighted by Crippen LogP contribution is 2.38. The number of rotatable bonds is 1. The van der Waals surface area contributed by atoms with E-state index in [4.69, 9.17) is 5.11 Å². The van der Waals surface area contributed by atoms with Crippen LogP contribution in [0.4, 0.5) is 0 Å². The van der Waals surface area contributed by atoms with E-state index in [-0.39, 0.29) is 17.6 Å². The van der Waals surface area contributed by atoms with Crippen LogP contribution in [0, 0.1) is 17.8 Å². The van der Waals surface area contributed by atoms with Crippen molar-refractivity contribution < 1.29 is 14.7 Å². The third-order valence-corrected chi connectivity index (χ3v) is 3.43. The monoisotopic (exact) mass is 194 g/mol. The molecule has 0 spiro atoms. The van der Waals surface area contributed by atoms with Crippen molar-refractivity contribution in [1.29, 1.82) is 0 Å². The molecule has 14 heavy (non-hydrogen) atoms. The van der Waals surface area contributed by atoms with Gasteiger partial charge in [-0.2, -0.15) is 0 Å². The largest absolute Gasteiger partial charge is 0.481 e. The first-order valence-electron chi connectivity index (χ1n) is 5.11. The quantitative estimate of drug-likeness (QED) is 0.690. The van der Waals surface area contributed by atoms with E-state index in [1.165, 1.54) is 0 Å². The maximum absolute atomic E-state index is 11.5. The lowest BCUT2D eigenvalue weighted by atomic mass is 9.69. The predicted octanol–water partition coefficient (Wildman–Crippen LogP) is 1.63. The molecule has 0 radical (unpaired) electrons. The van der Waals surface area contributed by atoms with E-state index in [9.17, 15) is 9.59 Å². The summed E-state index contributed by atoms with van der Waals surface area (Å²) >= 11 is 0. The molecule has 3 nitrogen and oxygen atoms in total. The Morgan fingerprint density at radius 2 is 2.21 bits per heavy atom. The SMILES string of the molecule is O=C(O)C1CCC2CC=CC(=O)C2C1. The molecule has 3 atom stereocenters. The van der Waals surface area contributed by atoms with Crippen molar-refractivity contribution in [3.05, 3.63) is 12.2 Å². The van der Waals surface area contributed by atoms with Crippen molar-refractivity contribution in [2.75, 3.05) is 0 Å². The van der Waals surface area contributed by atoms with Crippen LogP contribution in [-0.4, -0.2) is 16.9 Å². The molecule has 0 bridgehead atoms. The molecule has 0 aromatic heterocycles. The number of hydrogen-bond acceptors (Lipinski definition) is 2. The third kappa shape index (κ3) is 1.59. The van der Waals surface area contributed by atoms with Crippen LogP contribution in [0.1, 0.15) is 25.7 Å². The number of aliphatic carboxylic acids is 1. The van der Waals surface area contributed by atoms with Gasteiger partial charge in [0.25, 0.3) is 0 Å². The summed E-state index contributed by atoms with van der Waals surface area (Å²) in [5.41, 5.74) is 0. The summed E-state index contributed by atoms with van der Waals surface area (Å²) in [5.74, 6) is -0.525. The predicted molar refractivity (Wildman–Crippen MR) is 50.7 cm³/mol. The van der Waals surface area contributed by atoms with Crippen LogP contribution < -0.4 is 0 Å². The summed E-state index contributed by atoms with van der Waals surface area (Å²) in [5, 5.41) is 8.89. The number of carbonyl (C=O) groups excluding carboxylic acids is 1. The molecular formula is C11H14O3. The molecule has 76 valence electrons. The van der Waals surface area contributed by atoms with E-state index in [1.807, 2.05) is 6.08 Å². The molecule has 0 aromatic carbocycles. The lowest BCUT2D eigenvalue weighted by Crippen LogP contribution is -2.34. The molecule has 2 aliphatic rings. The first kappa shape index (κ1) is 9.44. The summed E-state index contributed by atoms with van der Waals surface area (Å²) in [7, 11) is 0. The molecule has 0 amide bonds. The Bertz CT molecular complexity index is 293. The highest BCUT2D eigenvalue weighted by molar-refractivity contribution is 5.93. The number of fused-ring (bicyclic) bond motifs is 1. The standard InChI is InChI=1S/C11H14O3/c12-10-3-1-2-7-4-5-8(11(13)14)6-9(7)10/h1,3,7-9H,2,4-6H2,(H,13,14). The fourth-order valence-corrected chi connectivity index (χ4v) is 2.57. The summed E-state index contributed by atoms with van der Waals surface area (Å²) in [6.07, 6.45) is 6.65. The molecule has 0 saturated heterocycles. The Morgan fingerprint density at radius 3 is 2.93 bits per heavy atom. The normalized spacial score (nSPS) is 36.6. The molecule has 3 unspecified atom stereocenters. The van der Waals surface area contributed by atoms with Gasteiger partial charge in [-0.05, 0) is 37.7 Å². The molecule has 2 rings (SSSR count). The first-order valence-corrected chi connectivity index (χ1v) is 5.11. The number of carbonyl (C=O) groups is 2. The van der Waals surface area contributed by atoms with Gasteiger partial charge in [0, 0.05) is 5.92 Å². The number of carboxylic acid groups (broad SMARTS) is 1. The number of allylic oxidation sites excluding steroid dienone is 2. The number of ketones is 1. The fraction of sp³-hybridized carbons (Fsp3) is 0.636. The second kappa shape index (κ2) is 3.56. The summed E-state index contributed by atoms with van der Waals surface area (Å²) in [6.45, 7) is 0. The summed E-state index contributed by atoms with van der Waals surface area (Å²) in [6, 6.07) is 0. The van der Waals surface area contributed by atoms with Crippen LogP contribution in [0.2, 0.25) is 0 Å². The second-order valence-corrected chi connectivity index (χ2v) is 4.26. The molecule has 1 N–H and O–H groups in total. The van der Waals surface area contributed by atoms with Crippen LogP contribution in [0.5, 0.6) is 0 Å². The van der Waals surface area contributed by atoms with Crippen molar-refractivity contribution in [2.24, 2.45) is 17.8 Å². The lowest BCUT2D eigenvalue weighted by Gasteiger charge is -2.34. The second-order valence-electron chi connectivity index (χ2n) is 4.26. The fourth-order valence-electron chi connectivity index (χ4n) is 2.57. The molecule has 0 aliphatic heterocycles. The van der Waals surface area contributed by atoms with Crippen molar-refractivity contribution in [1.82, 2.24) is 0 Å². The van der Waals surface area contributed by atoms with Crippen molar-refractivity contribution in [2.45, 2.75) is 25.7 Å². The molecule has 1 fully saturated rings. The van der Waals surface area contributed by atoms with Crippen LogP contribution in [0.15, 0.2) is 12.2 Å². The Balaban J connectivity index is 2.10. The molecule has 0 heterocycles. The summed E-state index contributed by atoms with van der Waals surface area (Å²) in [4.78, 5) is 22.3. The van der Waals surface area contributed by atoms with Crippen LogP contribution in [0.25, 0.3) is 0 Å². The van der Waals surface area contributed by atoms with E-state index in [0.717, 1.165) is 19.3 Å². The number of hydrogen-bond donors (Lipinski definition) is 1. The molecule has 1 saturated carbocycles. The minimum absolute atomic E-state index is 0.0187. The maximum atomic E-state index is 11.5. The lowest BCUT2D eigenvalue weighted by molar-refractivity contribution is -0.144. The minimum Gasteiger partial charge on any atom is -0.481 e. The highest BCUT2D eigenvalue weighted by atomic mass is 16.4. The Hall–Kier alpha value is -1.12. The Kier molecular flexibility index (Phi) is 2.40. The highest BCUT2D eigenvalue weighted by Gasteiger charge is 2.37. The van der Waals surface area contributed by atoms with Gasteiger partial charge in [0.2, 0.25) is 0 Å². The molecule has 3 heteroatoms. The van der Waals surface area contributed by atoms with Crippen LogP contribution in [0.3, 0.4) is 0 Å². The van der Waals surface area contributed by atoms with Gasteiger partial charge in [-0.1, -0.05) is 6.08 Å². The number of carboxylic acids is 1.